The van der Waals surface area contributed by atoms with Crippen LogP contribution < -0.4 is 17.1 Å². The van der Waals surface area contributed by atoms with E-state index in [4.69, 9.17) is 18.0 Å². The van der Waals surface area contributed by atoms with E-state index in [2.05, 4.69) is 6.58 Å². The van der Waals surface area contributed by atoms with E-state index in [1.165, 1.54) is 6.08 Å². The van der Waals surface area contributed by atoms with Crippen LogP contribution in [0.25, 0.3) is 0 Å². The summed E-state index contributed by atoms with van der Waals surface area (Å²) in [5.74, 6) is 0. The topological polar surface area (TPSA) is 106 Å². The van der Waals surface area contributed by atoms with Gasteiger partial charge in [-0.1, -0.05) is 6.08 Å². The molecule has 1 aliphatic rings. The highest BCUT2D eigenvalue weighted by molar-refractivity contribution is 6.60. The summed E-state index contributed by atoms with van der Waals surface area (Å²) >= 11 is 0. The van der Waals surface area contributed by atoms with Crippen LogP contribution in [0.5, 0.6) is 0 Å². The van der Waals surface area contributed by atoms with Crippen LogP contribution in [0.1, 0.15) is 27.2 Å². The van der Waals surface area contributed by atoms with E-state index in [1.54, 1.807) is 0 Å². The van der Waals surface area contributed by atoms with E-state index in [-0.39, 0.29) is 25.7 Å². The van der Waals surface area contributed by atoms with Crippen LogP contribution in [-0.4, -0.2) is 55.0 Å². The van der Waals surface area contributed by atoms with Gasteiger partial charge in [0.25, 0.3) is 0 Å². The van der Waals surface area contributed by atoms with E-state index < -0.39 is 25.9 Å². The molecule has 1 aliphatic heterocycles. The summed E-state index contributed by atoms with van der Waals surface area (Å²) < 4.78 is 25.7. The maximum Gasteiger partial charge on any atom is 0.500 e. The lowest BCUT2D eigenvalue weighted by atomic mass is 10.4. The molecule has 0 N–H and O–H groups in total. The molecule has 11 heteroatoms. The summed E-state index contributed by atoms with van der Waals surface area (Å²) in [6, 6.07) is 0.459. The van der Waals surface area contributed by atoms with Crippen LogP contribution >= 0.6 is 0 Å². The lowest BCUT2D eigenvalue weighted by molar-refractivity contribution is 0.0704. The van der Waals surface area contributed by atoms with Crippen molar-refractivity contribution in [3.63, 3.8) is 0 Å². The molecule has 2 rings (SSSR count). The van der Waals surface area contributed by atoms with Gasteiger partial charge in [-0.05, 0) is 27.2 Å². The predicted molar refractivity (Wildman–Crippen MR) is 109 cm³/mol. The zero-order chi connectivity index (χ0) is 21.4. The molecule has 1 fully saturated rings. The second-order valence-electron chi connectivity index (χ2n) is 6.55. The smallest absolute Gasteiger partial charge is 0.374 e. The summed E-state index contributed by atoms with van der Waals surface area (Å²) in [5.41, 5.74) is -1.93. The molecule has 29 heavy (non-hydrogen) atoms. The second kappa shape index (κ2) is 10.8. The van der Waals surface area contributed by atoms with Gasteiger partial charge in [0, 0.05) is 32.4 Å². The molecular weight excluding hydrogens is 398 g/mol. The summed E-state index contributed by atoms with van der Waals surface area (Å²) in [5, 5.41) is 0. The fraction of sp³-hybridized carbons (Fsp3) is 0.722. The largest absolute Gasteiger partial charge is 0.500 e. The fourth-order valence-corrected chi connectivity index (χ4v) is 5.74. The number of epoxide rings is 1. The molecule has 0 aliphatic carbocycles. The number of ether oxygens (including phenoxy) is 1. The zero-order valence-electron chi connectivity index (χ0n) is 17.4. The average Bonchev–Trinajstić information content (AvgIpc) is 3.50. The highest BCUT2D eigenvalue weighted by atomic mass is 28.4. The highest BCUT2D eigenvalue weighted by Crippen LogP contribution is 2.18. The Bertz CT molecular complexity index is 839. The van der Waals surface area contributed by atoms with Crippen molar-refractivity contribution in [2.75, 3.05) is 26.4 Å². The van der Waals surface area contributed by atoms with Gasteiger partial charge < -0.3 is 18.0 Å². The number of nitrogens with zero attached hydrogens (tertiary/aromatic N) is 3. The molecule has 0 spiro atoms. The Kier molecular flexibility index (Phi) is 8.77. The van der Waals surface area contributed by atoms with E-state index in [1.807, 2.05) is 20.8 Å². The molecule has 0 radical (unpaired) electrons. The normalized spacial score (nSPS) is 16.2. The molecule has 1 saturated heterocycles. The van der Waals surface area contributed by atoms with Gasteiger partial charge in [-0.25, -0.2) is 28.1 Å². The molecule has 164 valence electrons. The average molecular weight is 430 g/mol. The quantitative estimate of drug-likeness (QED) is 0.236. The monoisotopic (exact) mass is 429 g/mol. The molecule has 1 atom stereocenters. The van der Waals surface area contributed by atoms with E-state index in [0.717, 1.165) is 13.7 Å². The van der Waals surface area contributed by atoms with Crippen molar-refractivity contribution in [2.24, 2.45) is 0 Å². The fourth-order valence-electron chi connectivity index (χ4n) is 3.15. The van der Waals surface area contributed by atoms with Crippen LogP contribution in [0.15, 0.2) is 27.0 Å². The van der Waals surface area contributed by atoms with Crippen LogP contribution in [0.4, 0.5) is 0 Å². The van der Waals surface area contributed by atoms with Crippen LogP contribution in [0.3, 0.4) is 0 Å². The van der Waals surface area contributed by atoms with Gasteiger partial charge in [-0.15, -0.1) is 6.58 Å². The van der Waals surface area contributed by atoms with Crippen LogP contribution in [0.2, 0.25) is 6.04 Å². The minimum absolute atomic E-state index is 0.0268. The summed E-state index contributed by atoms with van der Waals surface area (Å²) in [4.78, 5) is 38.1. The van der Waals surface area contributed by atoms with Crippen molar-refractivity contribution in [3.8, 4) is 0 Å². The number of rotatable bonds is 14. The minimum atomic E-state index is -2.88. The van der Waals surface area contributed by atoms with Gasteiger partial charge in [-0.2, -0.15) is 0 Å². The molecule has 0 saturated carbocycles. The van der Waals surface area contributed by atoms with Gasteiger partial charge in [0.15, 0.2) is 0 Å². The van der Waals surface area contributed by atoms with E-state index in [9.17, 15) is 14.4 Å². The Morgan fingerprint density at radius 3 is 2.00 bits per heavy atom. The van der Waals surface area contributed by atoms with Crippen molar-refractivity contribution in [3.05, 3.63) is 44.1 Å². The number of hydrogen-bond acceptors (Lipinski definition) is 7. The molecule has 1 unspecified atom stereocenters. The first kappa shape index (κ1) is 23.5. The Labute approximate surface area is 170 Å². The standard InChI is InChI=1S/C18H31N3O7Si/c1-5-10-19-16(22)20(18(24)21(17(19)23)13-15-14-25-15)11-9-12-29(26-6-2,27-7-3)28-8-4/h5,15H,1,6-14H2,2-4H3. The second-order valence-corrected chi connectivity index (χ2v) is 9.28. The first-order chi connectivity index (χ1) is 13.9. The molecule has 0 aromatic carbocycles. The molecule has 0 bridgehead atoms. The number of aromatic nitrogens is 3. The zero-order valence-corrected chi connectivity index (χ0v) is 18.4. The molecule has 10 nitrogen and oxygen atoms in total. The summed E-state index contributed by atoms with van der Waals surface area (Å²) in [7, 11) is -2.88. The Morgan fingerprint density at radius 1 is 1.00 bits per heavy atom. The van der Waals surface area contributed by atoms with Crippen LogP contribution in [-0.2, 0) is 37.6 Å². The predicted octanol–water partition coefficient (Wildman–Crippen LogP) is 0.195. The van der Waals surface area contributed by atoms with E-state index >= 15 is 0 Å². The van der Waals surface area contributed by atoms with Crippen molar-refractivity contribution < 1.29 is 18.0 Å². The Balaban J connectivity index is 2.29. The van der Waals surface area contributed by atoms with Crippen molar-refractivity contribution in [2.45, 2.75) is 59.0 Å². The Hall–Kier alpha value is -1.79. The third-order valence-electron chi connectivity index (χ3n) is 4.44. The molecule has 1 aromatic rings. The van der Waals surface area contributed by atoms with Gasteiger partial charge in [0.05, 0.1) is 25.8 Å². The third kappa shape index (κ3) is 5.86. The van der Waals surface area contributed by atoms with Gasteiger partial charge in [0.2, 0.25) is 0 Å². The van der Waals surface area contributed by atoms with Gasteiger partial charge in [0.1, 0.15) is 0 Å². The third-order valence-corrected chi connectivity index (χ3v) is 7.59. The summed E-state index contributed by atoms with van der Waals surface area (Å²) in [6.07, 6.45) is 1.72. The molecule has 1 aromatic heterocycles. The number of allylic oxidation sites excluding steroid dienone is 1. The Morgan fingerprint density at radius 2 is 1.52 bits per heavy atom. The molecular formula is C18H31N3O7Si. The van der Waals surface area contributed by atoms with Crippen molar-refractivity contribution in [1.29, 1.82) is 0 Å². The lowest BCUT2D eigenvalue weighted by Crippen LogP contribution is -2.55. The maximum absolute atomic E-state index is 12.8. The lowest BCUT2D eigenvalue weighted by Gasteiger charge is -2.28. The highest BCUT2D eigenvalue weighted by Gasteiger charge is 2.39. The van der Waals surface area contributed by atoms with Crippen LogP contribution in [0, 0.1) is 0 Å². The minimum Gasteiger partial charge on any atom is -0.374 e. The first-order valence-electron chi connectivity index (χ1n) is 10.0. The number of hydrogen-bond donors (Lipinski definition) is 0. The van der Waals surface area contributed by atoms with Gasteiger partial charge >= 0.3 is 25.9 Å². The van der Waals surface area contributed by atoms with E-state index in [0.29, 0.717) is 38.9 Å². The molecule has 0 amide bonds. The van der Waals surface area contributed by atoms with Crippen molar-refractivity contribution >= 4 is 8.80 Å². The summed E-state index contributed by atoms with van der Waals surface area (Å²) in [6.45, 7) is 11.3. The van der Waals surface area contributed by atoms with Gasteiger partial charge in [-0.3, -0.25) is 0 Å². The van der Waals surface area contributed by atoms with Crippen molar-refractivity contribution in [1.82, 2.24) is 13.7 Å². The maximum atomic E-state index is 12.8. The molecule has 2 heterocycles. The SMILES string of the molecule is C=CCn1c(=O)n(CCC[Si](OCC)(OCC)OCC)c(=O)n(CC2CO2)c1=O. The first-order valence-corrected chi connectivity index (χ1v) is 11.9.